The van der Waals surface area contributed by atoms with Gasteiger partial charge in [-0.3, -0.25) is 9.69 Å². The zero-order valence-corrected chi connectivity index (χ0v) is 11.2. The van der Waals surface area contributed by atoms with Crippen LogP contribution in [-0.4, -0.2) is 29.9 Å². The van der Waals surface area contributed by atoms with E-state index in [2.05, 4.69) is 23.2 Å². The lowest BCUT2D eigenvalue weighted by atomic mass is 10.2. The molecule has 1 aromatic rings. The quantitative estimate of drug-likeness (QED) is 0.851. The summed E-state index contributed by atoms with van der Waals surface area (Å²) in [5.74, 6) is -0.0388. The number of nitriles is 1. The number of para-hydroxylation sites is 1. The third-order valence-electron chi connectivity index (χ3n) is 3.24. The van der Waals surface area contributed by atoms with Crippen LogP contribution in [0.2, 0.25) is 0 Å². The van der Waals surface area contributed by atoms with E-state index in [1.54, 1.807) is 18.2 Å². The first-order chi connectivity index (χ1) is 9.24. The Labute approximate surface area is 114 Å². The van der Waals surface area contributed by atoms with Crippen LogP contribution >= 0.6 is 0 Å². The smallest absolute Gasteiger partial charge is 0.238 e. The molecule has 100 valence electrons. The van der Waals surface area contributed by atoms with Crippen LogP contribution in [0.4, 0.5) is 5.69 Å². The first kappa shape index (κ1) is 13.6. The minimum atomic E-state index is -0.0388. The summed E-state index contributed by atoms with van der Waals surface area (Å²) >= 11 is 0. The normalized spacial score (nSPS) is 14.2. The summed E-state index contributed by atoms with van der Waals surface area (Å²) in [6, 6.07) is 9.75. The lowest BCUT2D eigenvalue weighted by Crippen LogP contribution is -2.35. The SMILES string of the molecule is CCCN(CC(=O)Nc1ccccc1C#N)C1CC1. The summed E-state index contributed by atoms with van der Waals surface area (Å²) < 4.78 is 0. The van der Waals surface area contributed by atoms with Crippen LogP contribution in [0.5, 0.6) is 0 Å². The lowest BCUT2D eigenvalue weighted by molar-refractivity contribution is -0.117. The zero-order valence-electron chi connectivity index (χ0n) is 11.2. The number of rotatable bonds is 6. The number of carbonyl (C=O) groups excluding carboxylic acids is 1. The summed E-state index contributed by atoms with van der Waals surface area (Å²) in [5.41, 5.74) is 1.10. The second kappa shape index (κ2) is 6.35. The maximum Gasteiger partial charge on any atom is 0.238 e. The van der Waals surface area contributed by atoms with Crippen LogP contribution in [0.3, 0.4) is 0 Å². The fourth-order valence-corrected chi connectivity index (χ4v) is 2.18. The first-order valence-corrected chi connectivity index (χ1v) is 6.77. The van der Waals surface area contributed by atoms with Crippen molar-refractivity contribution in [1.29, 1.82) is 5.26 Å². The summed E-state index contributed by atoms with van der Waals surface area (Å²) in [5, 5.41) is 11.8. The number of amides is 1. The van der Waals surface area contributed by atoms with Gasteiger partial charge in [-0.05, 0) is 37.9 Å². The number of benzene rings is 1. The molecule has 1 aliphatic carbocycles. The molecule has 1 fully saturated rings. The lowest BCUT2D eigenvalue weighted by Gasteiger charge is -2.20. The van der Waals surface area contributed by atoms with Crippen LogP contribution < -0.4 is 5.32 Å². The van der Waals surface area contributed by atoms with E-state index in [-0.39, 0.29) is 5.91 Å². The van der Waals surface area contributed by atoms with Crippen LogP contribution in [-0.2, 0) is 4.79 Å². The van der Waals surface area contributed by atoms with Crippen molar-refractivity contribution >= 4 is 11.6 Å². The van der Waals surface area contributed by atoms with Gasteiger partial charge in [-0.1, -0.05) is 19.1 Å². The molecule has 2 rings (SSSR count). The highest BCUT2D eigenvalue weighted by Gasteiger charge is 2.29. The number of anilines is 1. The van der Waals surface area contributed by atoms with E-state index < -0.39 is 0 Å². The molecule has 0 aliphatic heterocycles. The van der Waals surface area contributed by atoms with Gasteiger partial charge in [0.25, 0.3) is 0 Å². The van der Waals surface area contributed by atoms with Gasteiger partial charge in [0.1, 0.15) is 6.07 Å². The molecule has 19 heavy (non-hydrogen) atoms. The van der Waals surface area contributed by atoms with Crippen molar-refractivity contribution in [3.63, 3.8) is 0 Å². The predicted octanol–water partition coefficient (Wildman–Crippen LogP) is 2.37. The predicted molar refractivity (Wildman–Crippen MR) is 74.7 cm³/mol. The molecule has 0 bridgehead atoms. The maximum absolute atomic E-state index is 12.0. The van der Waals surface area contributed by atoms with Crippen LogP contribution in [0.15, 0.2) is 24.3 Å². The fraction of sp³-hybridized carbons (Fsp3) is 0.467. The Balaban J connectivity index is 1.95. The maximum atomic E-state index is 12.0. The highest BCUT2D eigenvalue weighted by molar-refractivity contribution is 5.93. The Morgan fingerprint density at radius 3 is 2.84 bits per heavy atom. The van der Waals surface area contributed by atoms with Crippen LogP contribution in [0.25, 0.3) is 0 Å². The van der Waals surface area contributed by atoms with E-state index >= 15 is 0 Å². The molecule has 4 nitrogen and oxygen atoms in total. The molecule has 0 atom stereocenters. The van der Waals surface area contributed by atoms with Crippen molar-refractivity contribution in [3.8, 4) is 6.07 Å². The molecule has 0 aromatic heterocycles. The molecule has 1 saturated carbocycles. The summed E-state index contributed by atoms with van der Waals surface area (Å²) in [6.07, 6.45) is 3.45. The molecular formula is C15H19N3O. The van der Waals surface area contributed by atoms with Gasteiger partial charge >= 0.3 is 0 Å². The van der Waals surface area contributed by atoms with Gasteiger partial charge < -0.3 is 5.32 Å². The Hall–Kier alpha value is -1.86. The van der Waals surface area contributed by atoms with Gasteiger partial charge in [-0.2, -0.15) is 5.26 Å². The van der Waals surface area contributed by atoms with Crippen LogP contribution in [0.1, 0.15) is 31.7 Å². The molecule has 1 N–H and O–H groups in total. The van der Waals surface area contributed by atoms with E-state index in [4.69, 9.17) is 5.26 Å². The van der Waals surface area contributed by atoms with E-state index in [0.717, 1.165) is 13.0 Å². The molecule has 0 radical (unpaired) electrons. The average molecular weight is 257 g/mol. The van der Waals surface area contributed by atoms with Crippen molar-refractivity contribution in [2.75, 3.05) is 18.4 Å². The average Bonchev–Trinajstić information content (AvgIpc) is 3.23. The molecule has 0 spiro atoms. The number of nitrogens with one attached hydrogen (secondary N) is 1. The summed E-state index contributed by atoms with van der Waals surface area (Å²) in [4.78, 5) is 14.3. The van der Waals surface area contributed by atoms with Crippen molar-refractivity contribution < 1.29 is 4.79 Å². The van der Waals surface area contributed by atoms with Gasteiger partial charge in [0, 0.05) is 6.04 Å². The van der Waals surface area contributed by atoms with Crippen LogP contribution in [0, 0.1) is 11.3 Å². The summed E-state index contributed by atoms with van der Waals surface area (Å²) in [7, 11) is 0. The first-order valence-electron chi connectivity index (χ1n) is 6.77. The molecule has 1 amide bonds. The largest absolute Gasteiger partial charge is 0.324 e. The van der Waals surface area contributed by atoms with Gasteiger partial charge in [0.05, 0.1) is 17.8 Å². The second-order valence-corrected chi connectivity index (χ2v) is 4.91. The Bertz CT molecular complexity index is 488. The molecule has 0 unspecified atom stereocenters. The Morgan fingerprint density at radius 2 is 2.21 bits per heavy atom. The van der Waals surface area contributed by atoms with Crippen molar-refractivity contribution in [1.82, 2.24) is 4.90 Å². The fourth-order valence-electron chi connectivity index (χ4n) is 2.18. The van der Waals surface area contributed by atoms with Crippen molar-refractivity contribution in [3.05, 3.63) is 29.8 Å². The molecule has 0 saturated heterocycles. The minimum Gasteiger partial charge on any atom is -0.324 e. The third-order valence-corrected chi connectivity index (χ3v) is 3.24. The molecule has 4 heteroatoms. The molecule has 1 aliphatic rings. The number of nitrogens with zero attached hydrogens (tertiary/aromatic N) is 2. The van der Waals surface area contributed by atoms with E-state index in [9.17, 15) is 4.79 Å². The van der Waals surface area contributed by atoms with Gasteiger partial charge in [-0.15, -0.1) is 0 Å². The molecular weight excluding hydrogens is 238 g/mol. The zero-order chi connectivity index (χ0) is 13.7. The number of carbonyl (C=O) groups is 1. The third kappa shape index (κ3) is 3.80. The topological polar surface area (TPSA) is 56.1 Å². The van der Waals surface area contributed by atoms with E-state index in [1.165, 1.54) is 12.8 Å². The van der Waals surface area contributed by atoms with Gasteiger partial charge in [0.15, 0.2) is 0 Å². The van der Waals surface area contributed by atoms with Gasteiger partial charge in [0.2, 0.25) is 5.91 Å². The van der Waals surface area contributed by atoms with Crippen molar-refractivity contribution in [2.45, 2.75) is 32.2 Å². The molecule has 0 heterocycles. The highest BCUT2D eigenvalue weighted by atomic mass is 16.2. The minimum absolute atomic E-state index is 0.0388. The monoisotopic (exact) mass is 257 g/mol. The summed E-state index contributed by atoms with van der Waals surface area (Å²) in [6.45, 7) is 3.49. The highest BCUT2D eigenvalue weighted by Crippen LogP contribution is 2.26. The standard InChI is InChI=1S/C15H19N3O/c1-2-9-18(13-7-8-13)11-15(19)17-14-6-4-3-5-12(14)10-16/h3-6,13H,2,7-9,11H2,1H3,(H,17,19). The number of hydrogen-bond donors (Lipinski definition) is 1. The van der Waals surface area contributed by atoms with Crippen molar-refractivity contribution in [2.24, 2.45) is 0 Å². The Kier molecular flexibility index (Phi) is 4.53. The second-order valence-electron chi connectivity index (χ2n) is 4.91. The Morgan fingerprint density at radius 1 is 1.47 bits per heavy atom. The molecule has 1 aromatic carbocycles. The van der Waals surface area contributed by atoms with E-state index in [1.807, 2.05) is 6.07 Å². The number of hydrogen-bond acceptors (Lipinski definition) is 3. The van der Waals surface area contributed by atoms with Gasteiger partial charge in [-0.25, -0.2) is 0 Å². The van der Waals surface area contributed by atoms with E-state index in [0.29, 0.717) is 23.8 Å².